The van der Waals surface area contributed by atoms with Crippen molar-refractivity contribution in [2.75, 3.05) is 26.2 Å². The average molecular weight is 368 g/mol. The minimum absolute atomic E-state index is 0.0193. The molecule has 1 N–H and O–H groups in total. The summed E-state index contributed by atoms with van der Waals surface area (Å²) in [5, 5.41) is 11.2. The zero-order valence-electron chi connectivity index (χ0n) is 15.8. The first-order valence-electron chi connectivity index (χ1n) is 9.71. The van der Waals surface area contributed by atoms with Gasteiger partial charge in [0.25, 0.3) is 0 Å². The standard InChI is InChI=1S/C21H28N4O2/c1-2-3-11-21(23-24-21)12-10-20(26)22-15-19-17-25(13-7-14-27-19)16-18-8-5-4-6-9-18/h1,4-6,8-9,19H,3,7,10-17H2,(H,22,26). The van der Waals surface area contributed by atoms with Gasteiger partial charge >= 0.3 is 0 Å². The lowest BCUT2D eigenvalue weighted by atomic mass is 10.0. The monoisotopic (exact) mass is 368 g/mol. The Bertz CT molecular complexity index is 677. The summed E-state index contributed by atoms with van der Waals surface area (Å²) in [5.74, 6) is 2.63. The Hall–Kier alpha value is -2.23. The van der Waals surface area contributed by atoms with Crippen LogP contribution in [0.4, 0.5) is 0 Å². The Morgan fingerprint density at radius 1 is 1.33 bits per heavy atom. The van der Waals surface area contributed by atoms with Crippen LogP contribution in [0, 0.1) is 12.3 Å². The number of terminal acetylenes is 1. The fraction of sp³-hybridized carbons (Fsp3) is 0.571. The first-order valence-corrected chi connectivity index (χ1v) is 9.71. The number of rotatable bonds is 9. The van der Waals surface area contributed by atoms with E-state index in [2.05, 4.69) is 50.6 Å². The molecule has 6 nitrogen and oxygen atoms in total. The number of amides is 1. The third-order valence-corrected chi connectivity index (χ3v) is 5.01. The zero-order valence-corrected chi connectivity index (χ0v) is 15.8. The number of benzene rings is 1. The Kier molecular flexibility index (Phi) is 6.97. The smallest absolute Gasteiger partial charge is 0.220 e. The topological polar surface area (TPSA) is 66.3 Å². The maximum absolute atomic E-state index is 12.2. The Balaban J connectivity index is 1.39. The molecule has 0 spiro atoms. The van der Waals surface area contributed by atoms with Crippen molar-refractivity contribution in [3.63, 3.8) is 0 Å². The van der Waals surface area contributed by atoms with E-state index in [-0.39, 0.29) is 12.0 Å². The molecule has 1 unspecified atom stereocenters. The minimum atomic E-state index is -0.394. The second kappa shape index (κ2) is 9.63. The molecule has 2 aliphatic rings. The van der Waals surface area contributed by atoms with Gasteiger partial charge in [-0.2, -0.15) is 10.2 Å². The van der Waals surface area contributed by atoms with E-state index in [9.17, 15) is 4.79 Å². The van der Waals surface area contributed by atoms with Crippen LogP contribution < -0.4 is 5.32 Å². The number of nitrogens with one attached hydrogen (secondary N) is 1. The van der Waals surface area contributed by atoms with E-state index >= 15 is 0 Å². The largest absolute Gasteiger partial charge is 0.375 e. The Morgan fingerprint density at radius 2 is 2.15 bits per heavy atom. The highest BCUT2D eigenvalue weighted by atomic mass is 16.5. The van der Waals surface area contributed by atoms with Crippen LogP contribution in [0.1, 0.15) is 37.7 Å². The van der Waals surface area contributed by atoms with Gasteiger partial charge in [0, 0.05) is 58.5 Å². The van der Waals surface area contributed by atoms with Crippen LogP contribution in [0.3, 0.4) is 0 Å². The highest BCUT2D eigenvalue weighted by Crippen LogP contribution is 2.37. The van der Waals surface area contributed by atoms with E-state index in [1.165, 1.54) is 5.56 Å². The van der Waals surface area contributed by atoms with Gasteiger partial charge in [0.2, 0.25) is 5.91 Å². The lowest BCUT2D eigenvalue weighted by Crippen LogP contribution is -2.40. The molecule has 1 aromatic carbocycles. The van der Waals surface area contributed by atoms with Gasteiger partial charge in [0.05, 0.1) is 6.10 Å². The van der Waals surface area contributed by atoms with Crippen LogP contribution in [0.25, 0.3) is 0 Å². The molecule has 0 bridgehead atoms. The van der Waals surface area contributed by atoms with Crippen LogP contribution in [0.15, 0.2) is 40.6 Å². The predicted molar refractivity (Wildman–Crippen MR) is 104 cm³/mol. The lowest BCUT2D eigenvalue weighted by Gasteiger charge is -2.24. The van der Waals surface area contributed by atoms with Crippen molar-refractivity contribution in [3.8, 4) is 12.3 Å². The fourth-order valence-corrected chi connectivity index (χ4v) is 3.38. The van der Waals surface area contributed by atoms with Crippen LogP contribution in [-0.2, 0) is 16.1 Å². The molecule has 144 valence electrons. The molecule has 3 rings (SSSR count). The average Bonchev–Trinajstić information content (AvgIpc) is 3.49. The molecule has 0 radical (unpaired) electrons. The maximum Gasteiger partial charge on any atom is 0.220 e. The lowest BCUT2D eigenvalue weighted by molar-refractivity contribution is -0.122. The van der Waals surface area contributed by atoms with E-state index in [1.54, 1.807) is 0 Å². The van der Waals surface area contributed by atoms with E-state index in [0.29, 0.717) is 25.8 Å². The van der Waals surface area contributed by atoms with Crippen LogP contribution in [-0.4, -0.2) is 48.8 Å². The van der Waals surface area contributed by atoms with E-state index in [4.69, 9.17) is 11.2 Å². The maximum atomic E-state index is 12.2. The van der Waals surface area contributed by atoms with Crippen molar-refractivity contribution < 1.29 is 9.53 Å². The van der Waals surface area contributed by atoms with Crippen molar-refractivity contribution in [1.29, 1.82) is 0 Å². The number of hydrogen-bond donors (Lipinski definition) is 1. The Morgan fingerprint density at radius 3 is 2.89 bits per heavy atom. The van der Waals surface area contributed by atoms with Gasteiger partial charge < -0.3 is 10.1 Å². The van der Waals surface area contributed by atoms with Gasteiger partial charge in [-0.05, 0) is 12.0 Å². The van der Waals surface area contributed by atoms with Crippen molar-refractivity contribution in [1.82, 2.24) is 10.2 Å². The highest BCUT2D eigenvalue weighted by Gasteiger charge is 2.39. The van der Waals surface area contributed by atoms with Gasteiger partial charge in [-0.15, -0.1) is 12.3 Å². The number of nitrogens with zero attached hydrogens (tertiary/aromatic N) is 3. The number of carbonyl (C=O) groups excluding carboxylic acids is 1. The van der Waals surface area contributed by atoms with E-state index in [1.807, 2.05) is 6.07 Å². The number of hydrogen-bond acceptors (Lipinski definition) is 5. The van der Waals surface area contributed by atoms with Gasteiger partial charge in [-0.3, -0.25) is 9.69 Å². The zero-order chi connectivity index (χ0) is 19.0. The molecule has 1 fully saturated rings. The summed E-state index contributed by atoms with van der Waals surface area (Å²) in [5.41, 5.74) is 0.908. The van der Waals surface area contributed by atoms with E-state index < -0.39 is 5.66 Å². The second-order valence-electron chi connectivity index (χ2n) is 7.26. The summed E-state index contributed by atoms with van der Waals surface area (Å²) >= 11 is 0. The molecule has 2 aliphatic heterocycles. The molecule has 27 heavy (non-hydrogen) atoms. The first-order chi connectivity index (χ1) is 13.2. The molecule has 1 aromatic rings. The molecule has 0 aromatic heterocycles. The van der Waals surface area contributed by atoms with Crippen molar-refractivity contribution in [2.45, 2.75) is 50.4 Å². The van der Waals surface area contributed by atoms with Crippen LogP contribution in [0.5, 0.6) is 0 Å². The Labute approximate surface area is 161 Å². The van der Waals surface area contributed by atoms with Crippen molar-refractivity contribution in [2.24, 2.45) is 10.2 Å². The molecular weight excluding hydrogens is 340 g/mol. The number of ether oxygens (including phenoxy) is 1. The minimum Gasteiger partial charge on any atom is -0.375 e. The van der Waals surface area contributed by atoms with Crippen LogP contribution >= 0.6 is 0 Å². The van der Waals surface area contributed by atoms with Gasteiger partial charge in [0.15, 0.2) is 5.66 Å². The molecule has 1 amide bonds. The quantitative estimate of drug-likeness (QED) is 0.682. The summed E-state index contributed by atoms with van der Waals surface area (Å²) in [6.07, 6.45) is 8.74. The molecule has 1 saturated heterocycles. The van der Waals surface area contributed by atoms with Gasteiger partial charge in [0.1, 0.15) is 0 Å². The molecule has 0 saturated carbocycles. The molecule has 6 heteroatoms. The normalized spacial score (nSPS) is 21.2. The van der Waals surface area contributed by atoms with Crippen molar-refractivity contribution >= 4 is 5.91 Å². The molecular formula is C21H28N4O2. The molecule has 1 atom stereocenters. The summed E-state index contributed by atoms with van der Waals surface area (Å²) < 4.78 is 5.92. The van der Waals surface area contributed by atoms with E-state index in [0.717, 1.165) is 39.1 Å². The van der Waals surface area contributed by atoms with Gasteiger partial charge in [-0.25, -0.2) is 0 Å². The van der Waals surface area contributed by atoms with Crippen molar-refractivity contribution in [3.05, 3.63) is 35.9 Å². The second-order valence-corrected chi connectivity index (χ2v) is 7.26. The molecule has 0 aliphatic carbocycles. The third kappa shape index (κ3) is 6.46. The summed E-state index contributed by atoms with van der Waals surface area (Å²) in [6, 6.07) is 10.5. The summed E-state index contributed by atoms with van der Waals surface area (Å²) in [4.78, 5) is 14.6. The first kappa shape index (κ1) is 19.5. The predicted octanol–water partition coefficient (Wildman–Crippen LogP) is 2.75. The highest BCUT2D eigenvalue weighted by molar-refractivity contribution is 5.76. The fourth-order valence-electron chi connectivity index (χ4n) is 3.38. The third-order valence-electron chi connectivity index (χ3n) is 5.01. The SMILES string of the molecule is C#CCCC1(CCC(=O)NCC2CN(Cc3ccccc3)CCCO2)N=N1. The number of carbonyl (C=O) groups is 1. The van der Waals surface area contributed by atoms with Crippen LogP contribution in [0.2, 0.25) is 0 Å². The summed E-state index contributed by atoms with van der Waals surface area (Å²) in [6.45, 7) is 4.02. The van der Waals surface area contributed by atoms with Gasteiger partial charge in [-0.1, -0.05) is 30.3 Å². The summed E-state index contributed by atoms with van der Waals surface area (Å²) in [7, 11) is 0. The molecule has 2 heterocycles.